The number of aromatic nitrogens is 3. The Kier molecular flexibility index (Phi) is 3.98. The average molecular weight is 386 g/mol. The summed E-state index contributed by atoms with van der Waals surface area (Å²) < 4.78 is 1.00. The van der Waals surface area contributed by atoms with Gasteiger partial charge in [-0.05, 0) is 47.6 Å². The Morgan fingerprint density at radius 1 is 1.11 bits per heavy atom. The van der Waals surface area contributed by atoms with Crippen molar-refractivity contribution in [3.8, 4) is 11.4 Å². The van der Waals surface area contributed by atoms with Gasteiger partial charge in [0.1, 0.15) is 5.15 Å². The maximum Gasteiger partial charge on any atom is 0.161 e. The Morgan fingerprint density at radius 2 is 1.79 bits per heavy atom. The van der Waals surface area contributed by atoms with Crippen molar-refractivity contribution >= 4 is 34.2 Å². The van der Waals surface area contributed by atoms with E-state index in [1.807, 2.05) is 12.1 Å². The molecule has 98 valence electrons. The molecule has 0 saturated heterocycles. The molecule has 0 bridgehead atoms. The Balaban J connectivity index is 2.07. The zero-order valence-corrected chi connectivity index (χ0v) is 13.2. The molecule has 0 unspecified atom stereocenters. The first-order chi connectivity index (χ1) is 9.25. The molecule has 1 saturated carbocycles. The first-order valence-corrected chi connectivity index (χ1v) is 7.84. The van der Waals surface area contributed by atoms with Gasteiger partial charge in [-0.1, -0.05) is 24.4 Å². The summed E-state index contributed by atoms with van der Waals surface area (Å²) in [5, 5.41) is 0.560. The second kappa shape index (κ2) is 5.71. The van der Waals surface area contributed by atoms with Crippen LogP contribution in [0.1, 0.15) is 37.3 Å². The van der Waals surface area contributed by atoms with Crippen molar-refractivity contribution in [1.29, 1.82) is 0 Å². The molecule has 0 amide bonds. The van der Waals surface area contributed by atoms with Gasteiger partial charge in [-0.25, -0.2) is 9.97 Å². The highest BCUT2D eigenvalue weighted by atomic mass is 127. The van der Waals surface area contributed by atoms with E-state index in [0.717, 1.165) is 14.8 Å². The van der Waals surface area contributed by atoms with Crippen molar-refractivity contribution in [2.24, 2.45) is 0 Å². The highest BCUT2D eigenvalue weighted by Crippen LogP contribution is 2.37. The van der Waals surface area contributed by atoms with Gasteiger partial charge in [-0.2, -0.15) is 0 Å². The van der Waals surface area contributed by atoms with Crippen LogP contribution in [0, 0.1) is 3.57 Å². The minimum atomic E-state index is 0.535. The Hall–Kier alpha value is -0.750. The number of rotatable bonds is 2. The van der Waals surface area contributed by atoms with Gasteiger partial charge in [0.25, 0.3) is 0 Å². The summed E-state index contributed by atoms with van der Waals surface area (Å²) in [4.78, 5) is 13.2. The second-order valence-electron chi connectivity index (χ2n) is 4.75. The maximum absolute atomic E-state index is 6.27. The van der Waals surface area contributed by atoms with Crippen LogP contribution < -0.4 is 0 Å². The lowest BCUT2D eigenvalue weighted by Gasteiger charge is -2.13. The number of hydrogen-bond acceptors (Lipinski definition) is 3. The molecule has 2 aromatic heterocycles. The van der Waals surface area contributed by atoms with Crippen LogP contribution in [0.25, 0.3) is 11.4 Å². The monoisotopic (exact) mass is 385 g/mol. The van der Waals surface area contributed by atoms with Crippen LogP contribution >= 0.6 is 34.2 Å². The third-order valence-electron chi connectivity index (χ3n) is 3.52. The number of pyridine rings is 1. The molecule has 0 atom stereocenters. The fourth-order valence-electron chi connectivity index (χ4n) is 2.54. The number of hydrogen-bond donors (Lipinski definition) is 0. The quantitative estimate of drug-likeness (QED) is 0.566. The molecular weight excluding hydrogens is 373 g/mol. The van der Waals surface area contributed by atoms with E-state index in [2.05, 4.69) is 32.6 Å². The summed E-state index contributed by atoms with van der Waals surface area (Å²) in [5.74, 6) is 1.24. The van der Waals surface area contributed by atoms with E-state index in [4.69, 9.17) is 16.6 Å². The van der Waals surface area contributed by atoms with Crippen molar-refractivity contribution in [3.63, 3.8) is 0 Å². The van der Waals surface area contributed by atoms with E-state index < -0.39 is 0 Å². The minimum absolute atomic E-state index is 0.535. The molecule has 0 spiro atoms. The summed E-state index contributed by atoms with van der Waals surface area (Å²) >= 11 is 8.53. The standard InChI is InChI=1S/C14H13ClIN3/c15-13-11(16)12(9-3-1-2-4-9)18-14(19-13)10-5-7-17-8-6-10/h5-9H,1-4H2. The highest BCUT2D eigenvalue weighted by Gasteiger charge is 2.23. The molecule has 3 nitrogen and oxygen atoms in total. The molecule has 19 heavy (non-hydrogen) atoms. The van der Waals surface area contributed by atoms with Gasteiger partial charge in [0.2, 0.25) is 0 Å². The Bertz CT molecular complexity index is 583. The molecule has 2 aromatic rings. The fraction of sp³-hybridized carbons (Fsp3) is 0.357. The molecule has 0 N–H and O–H groups in total. The van der Waals surface area contributed by atoms with E-state index in [1.54, 1.807) is 12.4 Å². The molecule has 1 aliphatic carbocycles. The summed E-state index contributed by atoms with van der Waals surface area (Å²) in [6.45, 7) is 0. The largest absolute Gasteiger partial charge is 0.265 e. The minimum Gasteiger partial charge on any atom is -0.265 e. The summed E-state index contributed by atoms with van der Waals surface area (Å²) in [6.07, 6.45) is 8.48. The topological polar surface area (TPSA) is 38.7 Å². The second-order valence-corrected chi connectivity index (χ2v) is 6.19. The predicted octanol–water partition coefficient (Wildman–Crippen LogP) is 4.45. The van der Waals surface area contributed by atoms with Gasteiger partial charge in [-0.3, -0.25) is 4.98 Å². The molecule has 1 fully saturated rings. The average Bonchev–Trinajstić information content (AvgIpc) is 2.96. The first kappa shape index (κ1) is 13.2. The lowest BCUT2D eigenvalue weighted by atomic mass is 10.0. The van der Waals surface area contributed by atoms with E-state index in [-0.39, 0.29) is 0 Å². The van der Waals surface area contributed by atoms with E-state index in [1.165, 1.54) is 25.7 Å². The maximum atomic E-state index is 6.27. The van der Waals surface area contributed by atoms with Crippen LogP contribution in [0.2, 0.25) is 5.15 Å². The van der Waals surface area contributed by atoms with Crippen molar-refractivity contribution in [2.75, 3.05) is 0 Å². The van der Waals surface area contributed by atoms with Crippen LogP contribution in [0.15, 0.2) is 24.5 Å². The third kappa shape index (κ3) is 2.74. The van der Waals surface area contributed by atoms with Gasteiger partial charge in [-0.15, -0.1) is 0 Å². The van der Waals surface area contributed by atoms with Gasteiger partial charge in [0.15, 0.2) is 5.82 Å². The number of nitrogens with zero attached hydrogens (tertiary/aromatic N) is 3. The van der Waals surface area contributed by atoms with Gasteiger partial charge < -0.3 is 0 Å². The fourth-order valence-corrected chi connectivity index (χ4v) is 3.39. The SMILES string of the molecule is Clc1nc(-c2ccncc2)nc(C2CCCC2)c1I. The smallest absolute Gasteiger partial charge is 0.161 e. The molecule has 0 radical (unpaired) electrons. The summed E-state index contributed by atoms with van der Waals surface area (Å²) in [5.41, 5.74) is 2.08. The van der Waals surface area contributed by atoms with Crippen LogP contribution in [0.4, 0.5) is 0 Å². The van der Waals surface area contributed by atoms with Crippen molar-refractivity contribution in [2.45, 2.75) is 31.6 Å². The Morgan fingerprint density at radius 3 is 2.47 bits per heavy atom. The highest BCUT2D eigenvalue weighted by molar-refractivity contribution is 14.1. The first-order valence-electron chi connectivity index (χ1n) is 6.39. The third-order valence-corrected chi connectivity index (χ3v) is 5.17. The molecule has 0 aliphatic heterocycles. The van der Waals surface area contributed by atoms with Crippen LogP contribution in [0.3, 0.4) is 0 Å². The molecule has 0 aromatic carbocycles. The molecule has 3 rings (SSSR count). The zero-order valence-electron chi connectivity index (χ0n) is 10.3. The summed E-state index contributed by atoms with van der Waals surface area (Å²) in [7, 11) is 0. The van der Waals surface area contributed by atoms with Crippen molar-refractivity contribution < 1.29 is 0 Å². The van der Waals surface area contributed by atoms with Gasteiger partial charge in [0.05, 0.1) is 9.26 Å². The van der Waals surface area contributed by atoms with E-state index in [0.29, 0.717) is 16.9 Å². The normalized spacial score (nSPS) is 15.9. The predicted molar refractivity (Wildman–Crippen MR) is 84.2 cm³/mol. The van der Waals surface area contributed by atoms with Gasteiger partial charge in [0, 0.05) is 23.9 Å². The van der Waals surface area contributed by atoms with Gasteiger partial charge >= 0.3 is 0 Å². The van der Waals surface area contributed by atoms with Crippen LogP contribution in [0.5, 0.6) is 0 Å². The molecular formula is C14H13ClIN3. The van der Waals surface area contributed by atoms with E-state index in [9.17, 15) is 0 Å². The van der Waals surface area contributed by atoms with Crippen LogP contribution in [-0.4, -0.2) is 15.0 Å². The lowest BCUT2D eigenvalue weighted by molar-refractivity contribution is 0.690. The molecule has 2 heterocycles. The van der Waals surface area contributed by atoms with Crippen molar-refractivity contribution in [3.05, 3.63) is 38.9 Å². The Labute approximate surface area is 131 Å². The lowest BCUT2D eigenvalue weighted by Crippen LogP contribution is -2.04. The zero-order chi connectivity index (χ0) is 13.2. The van der Waals surface area contributed by atoms with Crippen LogP contribution in [-0.2, 0) is 0 Å². The van der Waals surface area contributed by atoms with Crippen molar-refractivity contribution in [1.82, 2.24) is 15.0 Å². The molecule has 1 aliphatic rings. The number of halogens is 2. The molecule has 5 heteroatoms. The summed E-state index contributed by atoms with van der Waals surface area (Å²) in [6, 6.07) is 3.83. The van der Waals surface area contributed by atoms with E-state index >= 15 is 0 Å².